The van der Waals surface area contributed by atoms with Crippen molar-refractivity contribution in [1.29, 1.82) is 0 Å². The number of likely N-dealkylation sites (N-methyl/N-ethyl adjacent to an activating group) is 1. The first-order chi connectivity index (χ1) is 17.4. The van der Waals surface area contributed by atoms with Crippen LogP contribution in [0.5, 0.6) is 0 Å². The van der Waals surface area contributed by atoms with E-state index >= 15 is 0 Å². The number of carbonyl (C=O) groups excluding carboxylic acids is 1. The summed E-state index contributed by atoms with van der Waals surface area (Å²) in [6, 6.07) is 16.3. The predicted octanol–water partition coefficient (Wildman–Crippen LogP) is 5.92. The highest BCUT2D eigenvalue weighted by Gasteiger charge is 2.22. The molecule has 0 unspecified atom stereocenters. The van der Waals surface area contributed by atoms with E-state index in [1.165, 1.54) is 0 Å². The predicted molar refractivity (Wildman–Crippen MR) is 147 cm³/mol. The first-order valence-corrected chi connectivity index (χ1v) is 12.5. The fourth-order valence-electron chi connectivity index (χ4n) is 4.38. The van der Waals surface area contributed by atoms with Crippen LogP contribution in [0, 0.1) is 0 Å². The van der Waals surface area contributed by atoms with Gasteiger partial charge in [-0.05, 0) is 36.5 Å². The second-order valence-electron chi connectivity index (χ2n) is 8.66. The number of halogens is 2. The zero-order valence-corrected chi connectivity index (χ0v) is 21.4. The number of benzene rings is 2. The average Bonchev–Trinajstić information content (AvgIpc) is 3.30. The van der Waals surface area contributed by atoms with Crippen molar-refractivity contribution in [2.45, 2.75) is 19.3 Å². The van der Waals surface area contributed by atoms with E-state index in [9.17, 15) is 4.79 Å². The van der Waals surface area contributed by atoms with Crippen molar-refractivity contribution in [3.05, 3.63) is 99.8 Å². The van der Waals surface area contributed by atoms with E-state index < -0.39 is 0 Å². The van der Waals surface area contributed by atoms with Crippen LogP contribution in [-0.4, -0.2) is 40.5 Å². The molecule has 1 amide bonds. The summed E-state index contributed by atoms with van der Waals surface area (Å²) in [6.07, 6.45) is 7.57. The van der Waals surface area contributed by atoms with Crippen LogP contribution in [0.15, 0.2) is 93.8 Å². The molecule has 5 rings (SSSR count). The van der Waals surface area contributed by atoms with Crippen molar-refractivity contribution < 1.29 is 4.79 Å². The Hall–Kier alpha value is -3.61. The molecule has 1 N–H and O–H groups in total. The van der Waals surface area contributed by atoms with Crippen LogP contribution < -0.4 is 5.32 Å². The second-order valence-corrected chi connectivity index (χ2v) is 9.53. The van der Waals surface area contributed by atoms with E-state index in [1.807, 2.05) is 54.5 Å². The summed E-state index contributed by atoms with van der Waals surface area (Å²) < 4.78 is 1.90. The number of nitrogens with one attached hydrogen (secondary N) is 1. The molecular formula is C28H25Cl2N5O. The Labute approximate surface area is 219 Å². The van der Waals surface area contributed by atoms with Gasteiger partial charge in [-0.3, -0.25) is 9.80 Å². The van der Waals surface area contributed by atoms with Crippen LogP contribution in [0.2, 0.25) is 0 Å². The normalized spacial score (nSPS) is 16.1. The van der Waals surface area contributed by atoms with Crippen LogP contribution in [-0.2, 0) is 11.2 Å². The Morgan fingerprint density at radius 3 is 2.69 bits per heavy atom. The number of para-hydroxylation sites is 1. The first kappa shape index (κ1) is 24.1. The highest BCUT2D eigenvalue weighted by Crippen LogP contribution is 2.34. The summed E-state index contributed by atoms with van der Waals surface area (Å²) in [5.41, 5.74) is 6.10. The van der Waals surface area contributed by atoms with Crippen molar-refractivity contribution >= 4 is 57.5 Å². The van der Waals surface area contributed by atoms with Crippen LogP contribution in [0.3, 0.4) is 0 Å². The third-order valence-corrected chi connectivity index (χ3v) is 7.08. The van der Waals surface area contributed by atoms with Gasteiger partial charge in [-0.1, -0.05) is 78.3 Å². The van der Waals surface area contributed by atoms with Gasteiger partial charge in [0.1, 0.15) is 0 Å². The van der Waals surface area contributed by atoms with Gasteiger partial charge in [-0.25, -0.2) is 4.68 Å². The highest BCUT2D eigenvalue weighted by molar-refractivity contribution is 6.40. The number of carbonyl (C=O) groups is 1. The molecule has 36 heavy (non-hydrogen) atoms. The Balaban J connectivity index is 1.36. The van der Waals surface area contributed by atoms with E-state index in [0.717, 1.165) is 45.4 Å². The third-order valence-electron chi connectivity index (χ3n) is 6.36. The van der Waals surface area contributed by atoms with E-state index in [4.69, 9.17) is 23.2 Å². The molecule has 0 radical (unpaired) electrons. The van der Waals surface area contributed by atoms with Crippen molar-refractivity contribution in [2.24, 2.45) is 5.10 Å². The maximum Gasteiger partial charge on any atom is 0.253 e. The summed E-state index contributed by atoms with van der Waals surface area (Å²) in [7, 11) is 1.88. The Bertz CT molecular complexity index is 1480. The Morgan fingerprint density at radius 2 is 1.92 bits per heavy atom. The van der Waals surface area contributed by atoms with Crippen molar-refractivity contribution in [1.82, 2.24) is 20.1 Å². The number of fused-ring (bicyclic) bond motifs is 1. The second kappa shape index (κ2) is 10.2. The molecule has 1 aliphatic carbocycles. The van der Waals surface area contributed by atoms with Crippen LogP contribution in [0.25, 0.3) is 22.2 Å². The van der Waals surface area contributed by atoms with Crippen molar-refractivity contribution in [2.75, 3.05) is 13.6 Å². The van der Waals surface area contributed by atoms with Gasteiger partial charge in [0.15, 0.2) is 0 Å². The van der Waals surface area contributed by atoms with Gasteiger partial charge >= 0.3 is 0 Å². The lowest BCUT2D eigenvalue weighted by Gasteiger charge is -2.25. The molecule has 8 heteroatoms. The van der Waals surface area contributed by atoms with Crippen molar-refractivity contribution in [3.8, 4) is 0 Å². The molecule has 0 spiro atoms. The fourth-order valence-corrected chi connectivity index (χ4v) is 5.04. The summed E-state index contributed by atoms with van der Waals surface area (Å²) >= 11 is 12.4. The van der Waals surface area contributed by atoms with Gasteiger partial charge in [0.2, 0.25) is 0 Å². The lowest BCUT2D eigenvalue weighted by molar-refractivity contribution is -0.117. The minimum atomic E-state index is -0.236. The molecule has 1 aromatic heterocycles. The number of hydrogen-bond donors (Lipinski definition) is 1. The van der Waals surface area contributed by atoms with Crippen LogP contribution >= 0.6 is 23.2 Å². The van der Waals surface area contributed by atoms with Crippen molar-refractivity contribution in [3.63, 3.8) is 0 Å². The Morgan fingerprint density at radius 1 is 1.14 bits per heavy atom. The van der Waals surface area contributed by atoms with Gasteiger partial charge in [0.05, 0.1) is 39.9 Å². The molecule has 0 atom stereocenters. The Kier molecular flexibility index (Phi) is 6.81. The number of allylic oxidation sites excluding steroid dienone is 4. The molecule has 2 aromatic carbocycles. The van der Waals surface area contributed by atoms with Gasteiger partial charge < -0.3 is 5.32 Å². The molecule has 3 aromatic rings. The number of hydrogen-bond acceptors (Lipinski definition) is 4. The van der Waals surface area contributed by atoms with E-state index in [-0.39, 0.29) is 5.91 Å². The van der Waals surface area contributed by atoms with Gasteiger partial charge in [-0.15, -0.1) is 0 Å². The number of nitrogens with zero attached hydrogens (tertiary/aromatic N) is 4. The molecule has 6 nitrogen and oxygen atoms in total. The summed E-state index contributed by atoms with van der Waals surface area (Å²) in [5, 5.41) is 15.8. The van der Waals surface area contributed by atoms with Crippen LogP contribution in [0.1, 0.15) is 24.0 Å². The zero-order chi connectivity index (χ0) is 25.2. The average molecular weight is 518 g/mol. The lowest BCUT2D eigenvalue weighted by Crippen LogP contribution is -2.28. The zero-order valence-electron chi connectivity index (χ0n) is 19.8. The summed E-state index contributed by atoms with van der Waals surface area (Å²) in [6.45, 7) is 4.75. The van der Waals surface area contributed by atoms with E-state index in [0.29, 0.717) is 35.0 Å². The molecule has 1 aliphatic heterocycles. The van der Waals surface area contributed by atoms with Gasteiger partial charge in [0, 0.05) is 29.6 Å². The molecule has 2 heterocycles. The molecule has 0 fully saturated rings. The maximum absolute atomic E-state index is 12.6. The molecule has 0 bridgehead atoms. The number of rotatable bonds is 6. The van der Waals surface area contributed by atoms with E-state index in [2.05, 4.69) is 46.4 Å². The first-order valence-electron chi connectivity index (χ1n) is 11.7. The largest absolute Gasteiger partial charge is 0.352 e. The third kappa shape index (κ3) is 4.62. The van der Waals surface area contributed by atoms with Crippen LogP contribution in [0.4, 0.5) is 0 Å². The SMILES string of the molecule is C=C1C(c2ccc(CCNC(=O)C3=C(Cl)CCC=C3Cl)cc2)=C(n2ncc3ccccc32)C=NN1C. The summed E-state index contributed by atoms with van der Waals surface area (Å²) in [4.78, 5) is 12.6. The molecule has 0 saturated heterocycles. The minimum absolute atomic E-state index is 0.236. The number of aromatic nitrogens is 2. The topological polar surface area (TPSA) is 62.5 Å². The van der Waals surface area contributed by atoms with Gasteiger partial charge in [-0.2, -0.15) is 10.2 Å². The standard InChI is InChI=1S/C28H25Cl2N5O/c1-18-26(25(17-32-34(18)2)35-24-9-4-3-6-21(24)16-33-35)20-12-10-19(11-13-20)14-15-31-28(36)27-22(29)7-5-8-23(27)30/h3-4,6-7,9-13,16-17H,1,5,8,14-15H2,2H3,(H,31,36). The maximum atomic E-state index is 12.6. The highest BCUT2D eigenvalue weighted by atomic mass is 35.5. The molecular weight excluding hydrogens is 493 g/mol. The number of hydrazone groups is 1. The molecule has 2 aliphatic rings. The fraction of sp³-hybridized carbons (Fsp3) is 0.179. The molecule has 0 saturated carbocycles. The number of amides is 1. The molecule has 182 valence electrons. The minimum Gasteiger partial charge on any atom is -0.352 e. The van der Waals surface area contributed by atoms with E-state index in [1.54, 1.807) is 5.01 Å². The smallest absolute Gasteiger partial charge is 0.253 e. The monoisotopic (exact) mass is 517 g/mol. The quantitative estimate of drug-likeness (QED) is 0.441. The summed E-state index contributed by atoms with van der Waals surface area (Å²) in [5.74, 6) is -0.236. The van der Waals surface area contributed by atoms with Gasteiger partial charge in [0.25, 0.3) is 5.91 Å². The lowest BCUT2D eigenvalue weighted by atomic mass is 9.98.